The number of amides is 1. The van der Waals surface area contributed by atoms with Crippen LogP contribution in [0.1, 0.15) is 75.8 Å². The van der Waals surface area contributed by atoms with Crippen molar-refractivity contribution in [2.45, 2.75) is 70.3 Å². The van der Waals surface area contributed by atoms with Gasteiger partial charge in [0, 0.05) is 6.42 Å². The Labute approximate surface area is 138 Å². The van der Waals surface area contributed by atoms with Gasteiger partial charge in [-0.2, -0.15) is 0 Å². The Morgan fingerprint density at radius 3 is 2.13 bits per heavy atom. The van der Waals surface area contributed by atoms with Crippen LogP contribution >= 0.6 is 0 Å². The Morgan fingerprint density at radius 2 is 1.70 bits per heavy atom. The first-order chi connectivity index (χ1) is 10.8. The van der Waals surface area contributed by atoms with Gasteiger partial charge in [-0.25, -0.2) is 0 Å². The van der Waals surface area contributed by atoms with Gasteiger partial charge in [0.1, 0.15) is 0 Å². The highest BCUT2D eigenvalue weighted by atomic mass is 16.4. The van der Waals surface area contributed by atoms with Gasteiger partial charge in [0.25, 0.3) is 0 Å². The van der Waals surface area contributed by atoms with E-state index in [1.807, 2.05) is 6.92 Å². The minimum absolute atomic E-state index is 0.0240. The number of hydrogen-bond acceptors (Lipinski definition) is 2. The summed E-state index contributed by atoms with van der Waals surface area (Å²) in [7, 11) is 0. The lowest BCUT2D eigenvalue weighted by Gasteiger charge is -2.41. The maximum Gasteiger partial charge on any atom is 0.305 e. The van der Waals surface area contributed by atoms with Crippen molar-refractivity contribution in [3.05, 3.63) is 35.4 Å². The normalized spacial score (nSPS) is 17.4. The zero-order chi connectivity index (χ0) is 17.0. The quantitative estimate of drug-likeness (QED) is 0.803. The van der Waals surface area contributed by atoms with Crippen molar-refractivity contribution in [1.82, 2.24) is 5.32 Å². The standard InChI is InChI=1S/C19H27NO3/c1-13(2)15-5-7-16(8-6-15)14(3)11-17(21)20-19(9-4-10-19)12-18(22)23/h5-8,13-14H,4,9-12H2,1-3H3,(H,20,21)(H,22,23). The van der Waals surface area contributed by atoms with E-state index in [0.717, 1.165) is 24.8 Å². The Bertz CT molecular complexity index is 558. The third kappa shape index (κ3) is 4.57. The summed E-state index contributed by atoms with van der Waals surface area (Å²) in [5, 5.41) is 12.0. The van der Waals surface area contributed by atoms with Crippen molar-refractivity contribution in [3.63, 3.8) is 0 Å². The summed E-state index contributed by atoms with van der Waals surface area (Å²) >= 11 is 0. The van der Waals surface area contributed by atoms with Crippen molar-refractivity contribution < 1.29 is 14.7 Å². The molecule has 0 radical (unpaired) electrons. The molecule has 4 nitrogen and oxygen atoms in total. The molecule has 1 aromatic carbocycles. The Morgan fingerprint density at radius 1 is 1.13 bits per heavy atom. The molecule has 1 saturated carbocycles. The molecule has 23 heavy (non-hydrogen) atoms. The molecular weight excluding hydrogens is 290 g/mol. The highest BCUT2D eigenvalue weighted by Crippen LogP contribution is 2.35. The monoisotopic (exact) mass is 317 g/mol. The van der Waals surface area contributed by atoms with Crippen molar-refractivity contribution in [2.75, 3.05) is 0 Å². The average molecular weight is 317 g/mol. The molecule has 0 spiro atoms. The van der Waals surface area contributed by atoms with Gasteiger partial charge in [0.2, 0.25) is 5.91 Å². The third-order valence-corrected chi connectivity index (χ3v) is 4.87. The van der Waals surface area contributed by atoms with E-state index in [1.165, 1.54) is 5.56 Å². The number of carboxylic acids is 1. The van der Waals surface area contributed by atoms with E-state index in [2.05, 4.69) is 43.4 Å². The fourth-order valence-electron chi connectivity index (χ4n) is 3.19. The van der Waals surface area contributed by atoms with Gasteiger partial charge < -0.3 is 10.4 Å². The summed E-state index contributed by atoms with van der Waals surface area (Å²) in [5.74, 6) is -0.274. The second-order valence-electron chi connectivity index (χ2n) is 7.18. The minimum atomic E-state index is -0.845. The average Bonchev–Trinajstić information content (AvgIpc) is 2.44. The second kappa shape index (κ2) is 7.16. The van der Waals surface area contributed by atoms with Gasteiger partial charge >= 0.3 is 5.97 Å². The summed E-state index contributed by atoms with van der Waals surface area (Å²) < 4.78 is 0. The van der Waals surface area contributed by atoms with Gasteiger partial charge in [0.15, 0.2) is 0 Å². The zero-order valence-electron chi connectivity index (χ0n) is 14.3. The number of rotatable bonds is 7. The molecule has 0 heterocycles. The molecule has 0 saturated heterocycles. The number of carboxylic acid groups (broad SMARTS) is 1. The first-order valence-electron chi connectivity index (χ1n) is 8.44. The summed E-state index contributed by atoms with van der Waals surface area (Å²) in [6.07, 6.45) is 2.93. The van der Waals surface area contributed by atoms with Crippen LogP contribution in [0, 0.1) is 0 Å². The van der Waals surface area contributed by atoms with E-state index in [9.17, 15) is 9.59 Å². The molecule has 1 aliphatic carbocycles. The first kappa shape index (κ1) is 17.5. The van der Waals surface area contributed by atoms with Crippen molar-refractivity contribution in [3.8, 4) is 0 Å². The Kier molecular flexibility index (Phi) is 5.45. The zero-order valence-corrected chi connectivity index (χ0v) is 14.3. The van der Waals surface area contributed by atoms with E-state index >= 15 is 0 Å². The lowest BCUT2D eigenvalue weighted by Crippen LogP contribution is -2.54. The molecule has 2 N–H and O–H groups in total. The molecule has 1 aromatic rings. The van der Waals surface area contributed by atoms with Crippen LogP contribution in [0.15, 0.2) is 24.3 Å². The number of aliphatic carboxylic acids is 1. The van der Waals surface area contributed by atoms with E-state index in [-0.39, 0.29) is 18.2 Å². The topological polar surface area (TPSA) is 66.4 Å². The van der Waals surface area contributed by atoms with Gasteiger partial charge in [-0.3, -0.25) is 9.59 Å². The molecular formula is C19H27NO3. The third-order valence-electron chi connectivity index (χ3n) is 4.87. The summed E-state index contributed by atoms with van der Waals surface area (Å²) in [6, 6.07) is 8.41. The summed E-state index contributed by atoms with van der Waals surface area (Å²) in [6.45, 7) is 6.35. The number of carbonyl (C=O) groups is 2. The molecule has 126 valence electrons. The van der Waals surface area contributed by atoms with Crippen LogP contribution in [0.3, 0.4) is 0 Å². The van der Waals surface area contributed by atoms with Crippen molar-refractivity contribution in [2.24, 2.45) is 0 Å². The number of benzene rings is 1. The highest BCUT2D eigenvalue weighted by molar-refractivity contribution is 5.79. The van der Waals surface area contributed by atoms with E-state index < -0.39 is 11.5 Å². The molecule has 0 aromatic heterocycles. The smallest absolute Gasteiger partial charge is 0.305 e. The summed E-state index contributed by atoms with van der Waals surface area (Å²) in [5.41, 5.74) is 1.93. The lowest BCUT2D eigenvalue weighted by atomic mass is 9.74. The maximum atomic E-state index is 12.3. The van der Waals surface area contributed by atoms with E-state index in [1.54, 1.807) is 0 Å². The number of hydrogen-bond donors (Lipinski definition) is 2. The number of carbonyl (C=O) groups excluding carboxylic acids is 1. The highest BCUT2D eigenvalue weighted by Gasteiger charge is 2.40. The first-order valence-corrected chi connectivity index (χ1v) is 8.44. The predicted molar refractivity (Wildman–Crippen MR) is 90.5 cm³/mol. The summed E-state index contributed by atoms with van der Waals surface area (Å²) in [4.78, 5) is 23.3. The van der Waals surface area contributed by atoms with Crippen LogP contribution in [0.4, 0.5) is 0 Å². The SMILES string of the molecule is CC(C)c1ccc(C(C)CC(=O)NC2(CC(=O)O)CCC2)cc1. The fourth-order valence-corrected chi connectivity index (χ4v) is 3.19. The van der Waals surface area contributed by atoms with Crippen LogP contribution < -0.4 is 5.32 Å². The molecule has 1 amide bonds. The van der Waals surface area contributed by atoms with Gasteiger partial charge in [-0.05, 0) is 42.2 Å². The largest absolute Gasteiger partial charge is 0.481 e. The maximum absolute atomic E-state index is 12.3. The second-order valence-corrected chi connectivity index (χ2v) is 7.18. The van der Waals surface area contributed by atoms with Gasteiger partial charge in [-0.15, -0.1) is 0 Å². The molecule has 1 unspecified atom stereocenters. The van der Waals surface area contributed by atoms with Crippen LogP contribution in [0.25, 0.3) is 0 Å². The molecule has 1 aliphatic rings. The van der Waals surface area contributed by atoms with Crippen molar-refractivity contribution >= 4 is 11.9 Å². The molecule has 4 heteroatoms. The molecule has 0 bridgehead atoms. The van der Waals surface area contributed by atoms with Crippen molar-refractivity contribution in [1.29, 1.82) is 0 Å². The molecule has 2 rings (SSSR count). The molecule has 1 fully saturated rings. The molecule has 1 atom stereocenters. The fraction of sp³-hybridized carbons (Fsp3) is 0.579. The van der Waals surface area contributed by atoms with Gasteiger partial charge in [-0.1, -0.05) is 45.0 Å². The number of nitrogens with one attached hydrogen (secondary N) is 1. The predicted octanol–water partition coefficient (Wildman–Crippen LogP) is 3.82. The van der Waals surface area contributed by atoms with Crippen LogP contribution in [-0.2, 0) is 9.59 Å². The van der Waals surface area contributed by atoms with E-state index in [4.69, 9.17) is 5.11 Å². The lowest BCUT2D eigenvalue weighted by molar-refractivity contribution is -0.140. The van der Waals surface area contributed by atoms with Gasteiger partial charge in [0.05, 0.1) is 12.0 Å². The molecule has 0 aliphatic heterocycles. The Balaban J connectivity index is 1.92. The Hall–Kier alpha value is -1.84. The van der Waals surface area contributed by atoms with E-state index in [0.29, 0.717) is 12.3 Å². The van der Waals surface area contributed by atoms with Crippen LogP contribution in [0.5, 0.6) is 0 Å². The van der Waals surface area contributed by atoms with Crippen LogP contribution in [-0.4, -0.2) is 22.5 Å². The minimum Gasteiger partial charge on any atom is -0.481 e. The van der Waals surface area contributed by atoms with Crippen LogP contribution in [0.2, 0.25) is 0 Å².